The number of carbonyl (C=O) groups excluding carboxylic acids is 1. The van der Waals surface area contributed by atoms with Gasteiger partial charge in [-0.15, -0.1) is 0 Å². The lowest BCUT2D eigenvalue weighted by Gasteiger charge is -2.07. The summed E-state index contributed by atoms with van der Waals surface area (Å²) >= 11 is 0. The minimum atomic E-state index is -0.641. The standard InChI is InChI=1S/C12H13F2NO/c13-9-1-2-11(14)10(6-9)12(16)5-8-3-4-15-7-8/h1-2,6,8,15H,3-5,7H2. The highest BCUT2D eigenvalue weighted by atomic mass is 19.1. The molecule has 1 aliphatic rings. The van der Waals surface area contributed by atoms with E-state index in [1.807, 2.05) is 0 Å². The molecule has 0 amide bonds. The van der Waals surface area contributed by atoms with Gasteiger partial charge in [-0.05, 0) is 43.6 Å². The highest BCUT2D eigenvalue weighted by molar-refractivity contribution is 5.96. The quantitative estimate of drug-likeness (QED) is 0.798. The molecule has 1 aliphatic heterocycles. The van der Waals surface area contributed by atoms with Gasteiger partial charge in [0.05, 0.1) is 5.56 Å². The fourth-order valence-corrected chi connectivity index (χ4v) is 1.97. The minimum absolute atomic E-state index is 0.132. The first-order valence-electron chi connectivity index (χ1n) is 5.36. The Morgan fingerprint density at radius 2 is 2.25 bits per heavy atom. The fraction of sp³-hybridized carbons (Fsp3) is 0.417. The third-order valence-corrected chi connectivity index (χ3v) is 2.87. The minimum Gasteiger partial charge on any atom is -0.316 e. The summed E-state index contributed by atoms with van der Waals surface area (Å²) in [6.45, 7) is 1.67. The van der Waals surface area contributed by atoms with E-state index in [0.717, 1.165) is 37.7 Å². The Labute approximate surface area is 92.7 Å². The van der Waals surface area contributed by atoms with Crippen LogP contribution in [0, 0.1) is 17.6 Å². The number of halogens is 2. The van der Waals surface area contributed by atoms with Crippen molar-refractivity contribution in [1.29, 1.82) is 0 Å². The number of hydrogen-bond acceptors (Lipinski definition) is 2. The largest absolute Gasteiger partial charge is 0.316 e. The molecule has 0 spiro atoms. The van der Waals surface area contributed by atoms with Crippen molar-refractivity contribution in [3.8, 4) is 0 Å². The van der Waals surface area contributed by atoms with Crippen LogP contribution in [0.3, 0.4) is 0 Å². The molecule has 0 aliphatic carbocycles. The molecule has 1 saturated heterocycles. The maximum Gasteiger partial charge on any atom is 0.166 e. The predicted molar refractivity (Wildman–Crippen MR) is 56.3 cm³/mol. The second-order valence-corrected chi connectivity index (χ2v) is 4.11. The molecular weight excluding hydrogens is 212 g/mol. The van der Waals surface area contributed by atoms with Crippen molar-refractivity contribution in [2.24, 2.45) is 5.92 Å². The van der Waals surface area contributed by atoms with Crippen LogP contribution in [-0.2, 0) is 0 Å². The molecule has 1 aromatic carbocycles. The Morgan fingerprint density at radius 3 is 2.94 bits per heavy atom. The number of rotatable bonds is 3. The van der Waals surface area contributed by atoms with Crippen LogP contribution in [0.25, 0.3) is 0 Å². The summed E-state index contributed by atoms with van der Waals surface area (Å²) in [6.07, 6.45) is 1.20. The molecule has 86 valence electrons. The third-order valence-electron chi connectivity index (χ3n) is 2.87. The van der Waals surface area contributed by atoms with Gasteiger partial charge in [0.1, 0.15) is 11.6 Å². The first-order valence-corrected chi connectivity index (χ1v) is 5.36. The molecule has 0 aromatic heterocycles. The Kier molecular flexibility index (Phi) is 3.29. The van der Waals surface area contributed by atoms with Crippen LogP contribution >= 0.6 is 0 Å². The van der Waals surface area contributed by atoms with E-state index in [1.165, 1.54) is 0 Å². The van der Waals surface area contributed by atoms with E-state index in [2.05, 4.69) is 5.32 Å². The van der Waals surface area contributed by atoms with Gasteiger partial charge in [0.15, 0.2) is 5.78 Å². The zero-order chi connectivity index (χ0) is 11.5. The van der Waals surface area contributed by atoms with Gasteiger partial charge in [0.25, 0.3) is 0 Å². The van der Waals surface area contributed by atoms with Crippen molar-refractivity contribution in [1.82, 2.24) is 5.32 Å². The van der Waals surface area contributed by atoms with Gasteiger partial charge in [-0.2, -0.15) is 0 Å². The maximum absolute atomic E-state index is 13.3. The van der Waals surface area contributed by atoms with E-state index < -0.39 is 11.6 Å². The first kappa shape index (κ1) is 11.2. The summed E-state index contributed by atoms with van der Waals surface area (Å²) in [4.78, 5) is 11.7. The predicted octanol–water partition coefficient (Wildman–Crippen LogP) is 2.15. The van der Waals surface area contributed by atoms with Gasteiger partial charge in [-0.25, -0.2) is 8.78 Å². The summed E-state index contributed by atoms with van der Waals surface area (Å²) in [7, 11) is 0. The van der Waals surface area contributed by atoms with E-state index in [4.69, 9.17) is 0 Å². The molecule has 2 nitrogen and oxygen atoms in total. The summed E-state index contributed by atoms with van der Waals surface area (Å²) in [5, 5.41) is 3.14. The van der Waals surface area contributed by atoms with Crippen LogP contribution in [0.5, 0.6) is 0 Å². The average molecular weight is 225 g/mol. The Balaban J connectivity index is 2.10. The molecular formula is C12H13F2NO. The van der Waals surface area contributed by atoms with Crippen molar-refractivity contribution in [3.05, 3.63) is 35.4 Å². The molecule has 1 unspecified atom stereocenters. The number of carbonyl (C=O) groups is 1. The van der Waals surface area contributed by atoms with Crippen LogP contribution in [0.1, 0.15) is 23.2 Å². The van der Waals surface area contributed by atoms with E-state index in [-0.39, 0.29) is 23.7 Å². The SMILES string of the molecule is O=C(CC1CCNC1)c1cc(F)ccc1F. The lowest BCUT2D eigenvalue weighted by atomic mass is 9.97. The van der Waals surface area contributed by atoms with Gasteiger partial charge in [0.2, 0.25) is 0 Å². The summed E-state index contributed by atoms with van der Waals surface area (Å²) < 4.78 is 26.2. The molecule has 2 rings (SSSR count). The van der Waals surface area contributed by atoms with Crippen molar-refractivity contribution < 1.29 is 13.6 Å². The van der Waals surface area contributed by atoms with Crippen molar-refractivity contribution >= 4 is 5.78 Å². The first-order chi connectivity index (χ1) is 7.66. The van der Waals surface area contributed by atoms with Gasteiger partial charge in [0, 0.05) is 6.42 Å². The molecule has 1 aromatic rings. The van der Waals surface area contributed by atoms with Crippen LogP contribution in [0.15, 0.2) is 18.2 Å². The van der Waals surface area contributed by atoms with Crippen molar-refractivity contribution in [3.63, 3.8) is 0 Å². The molecule has 0 saturated carbocycles. The van der Waals surface area contributed by atoms with E-state index in [0.29, 0.717) is 0 Å². The van der Waals surface area contributed by atoms with E-state index in [9.17, 15) is 13.6 Å². The maximum atomic E-state index is 13.3. The van der Waals surface area contributed by atoms with Crippen LogP contribution in [-0.4, -0.2) is 18.9 Å². The highest BCUT2D eigenvalue weighted by Crippen LogP contribution is 2.18. The molecule has 1 N–H and O–H groups in total. The van der Waals surface area contributed by atoms with Gasteiger partial charge >= 0.3 is 0 Å². The smallest absolute Gasteiger partial charge is 0.166 e. The molecule has 0 bridgehead atoms. The normalized spacial score (nSPS) is 20.0. The van der Waals surface area contributed by atoms with Crippen LogP contribution in [0.2, 0.25) is 0 Å². The molecule has 1 fully saturated rings. The Bertz CT molecular complexity index is 400. The van der Waals surface area contributed by atoms with Gasteiger partial charge in [-0.3, -0.25) is 4.79 Å². The highest BCUT2D eigenvalue weighted by Gasteiger charge is 2.21. The zero-order valence-electron chi connectivity index (χ0n) is 8.80. The average Bonchev–Trinajstić information content (AvgIpc) is 2.74. The summed E-state index contributed by atoms with van der Waals surface area (Å²) in [5.41, 5.74) is -0.132. The lowest BCUT2D eigenvalue weighted by molar-refractivity contribution is 0.0960. The number of Topliss-reactive ketones (excluding diaryl/α,β-unsaturated/α-hetero) is 1. The number of nitrogens with one attached hydrogen (secondary N) is 1. The summed E-state index contributed by atoms with van der Waals surface area (Å²) in [5.74, 6) is -1.28. The van der Waals surface area contributed by atoms with E-state index >= 15 is 0 Å². The second kappa shape index (κ2) is 4.70. The molecule has 4 heteroatoms. The van der Waals surface area contributed by atoms with Crippen LogP contribution < -0.4 is 5.32 Å². The third kappa shape index (κ3) is 2.44. The Hall–Kier alpha value is -1.29. The molecule has 0 radical (unpaired) electrons. The molecule has 1 atom stereocenters. The van der Waals surface area contributed by atoms with Gasteiger partial charge < -0.3 is 5.32 Å². The van der Waals surface area contributed by atoms with Crippen molar-refractivity contribution in [2.75, 3.05) is 13.1 Å². The fourth-order valence-electron chi connectivity index (χ4n) is 1.97. The van der Waals surface area contributed by atoms with E-state index in [1.54, 1.807) is 0 Å². The lowest BCUT2D eigenvalue weighted by Crippen LogP contribution is -2.13. The summed E-state index contributed by atoms with van der Waals surface area (Å²) in [6, 6.07) is 2.98. The number of hydrogen-bond donors (Lipinski definition) is 1. The second-order valence-electron chi connectivity index (χ2n) is 4.11. The van der Waals surface area contributed by atoms with Crippen molar-refractivity contribution in [2.45, 2.75) is 12.8 Å². The number of ketones is 1. The molecule has 16 heavy (non-hydrogen) atoms. The van der Waals surface area contributed by atoms with Crippen LogP contribution in [0.4, 0.5) is 8.78 Å². The number of benzene rings is 1. The molecule has 1 heterocycles. The topological polar surface area (TPSA) is 29.1 Å². The Morgan fingerprint density at radius 1 is 1.44 bits per heavy atom. The zero-order valence-corrected chi connectivity index (χ0v) is 8.80. The monoisotopic (exact) mass is 225 g/mol. The van der Waals surface area contributed by atoms with Gasteiger partial charge in [-0.1, -0.05) is 0 Å².